The van der Waals surface area contributed by atoms with Gasteiger partial charge in [0.25, 0.3) is 0 Å². The molecular formula is C19H24Cl2N2O2. The molecule has 1 aliphatic heterocycles. The van der Waals surface area contributed by atoms with Crippen molar-refractivity contribution in [3.63, 3.8) is 0 Å². The van der Waals surface area contributed by atoms with Crippen molar-refractivity contribution in [2.75, 3.05) is 11.9 Å². The molecule has 0 bridgehead atoms. The van der Waals surface area contributed by atoms with Gasteiger partial charge in [-0.3, -0.25) is 9.59 Å². The van der Waals surface area contributed by atoms with E-state index in [4.69, 9.17) is 23.2 Å². The number of likely N-dealkylation sites (tertiary alicyclic amines) is 1. The monoisotopic (exact) mass is 382 g/mol. The van der Waals surface area contributed by atoms with Crippen LogP contribution in [0.3, 0.4) is 0 Å². The zero-order valence-electron chi connectivity index (χ0n) is 14.5. The molecule has 3 rings (SSSR count). The second-order valence-electron chi connectivity index (χ2n) is 7.34. The Labute approximate surface area is 158 Å². The SMILES string of the molecule is CC1(C(=O)Nc2ccc(Cl)c(Cl)c2)CCN1C(=O)CCC1CCCC1. The maximum atomic E-state index is 12.7. The van der Waals surface area contributed by atoms with Crippen LogP contribution in [-0.2, 0) is 9.59 Å². The molecule has 0 spiro atoms. The van der Waals surface area contributed by atoms with Gasteiger partial charge in [-0.05, 0) is 43.9 Å². The molecule has 2 fully saturated rings. The minimum atomic E-state index is -0.779. The number of nitrogens with one attached hydrogen (secondary N) is 1. The Bertz CT molecular complexity index is 673. The Kier molecular flexibility index (Phi) is 5.59. The van der Waals surface area contributed by atoms with Crippen molar-refractivity contribution in [3.8, 4) is 0 Å². The summed E-state index contributed by atoms with van der Waals surface area (Å²) in [6.07, 6.45) is 7.21. The highest BCUT2D eigenvalue weighted by Gasteiger charge is 2.49. The Balaban J connectivity index is 1.58. The molecule has 1 heterocycles. The van der Waals surface area contributed by atoms with Crippen LogP contribution in [0, 0.1) is 5.92 Å². The van der Waals surface area contributed by atoms with Gasteiger partial charge in [0.2, 0.25) is 11.8 Å². The van der Waals surface area contributed by atoms with E-state index in [1.54, 1.807) is 23.1 Å². The number of amides is 2. The van der Waals surface area contributed by atoms with E-state index in [2.05, 4.69) is 5.32 Å². The molecule has 2 amide bonds. The van der Waals surface area contributed by atoms with Gasteiger partial charge in [0.15, 0.2) is 0 Å². The quantitative estimate of drug-likeness (QED) is 0.787. The van der Waals surface area contributed by atoms with Crippen LogP contribution in [0.15, 0.2) is 18.2 Å². The maximum Gasteiger partial charge on any atom is 0.250 e. The highest BCUT2D eigenvalue weighted by atomic mass is 35.5. The Morgan fingerprint density at radius 2 is 1.96 bits per heavy atom. The smallest absolute Gasteiger partial charge is 0.250 e. The van der Waals surface area contributed by atoms with Gasteiger partial charge >= 0.3 is 0 Å². The number of anilines is 1. The fourth-order valence-electron chi connectivity index (χ4n) is 3.80. The third-order valence-corrected chi connectivity index (χ3v) is 6.37. The van der Waals surface area contributed by atoms with Gasteiger partial charge < -0.3 is 10.2 Å². The van der Waals surface area contributed by atoms with Crippen LogP contribution in [0.25, 0.3) is 0 Å². The van der Waals surface area contributed by atoms with Crippen LogP contribution < -0.4 is 5.32 Å². The molecule has 1 aromatic carbocycles. The van der Waals surface area contributed by atoms with Gasteiger partial charge in [-0.25, -0.2) is 0 Å². The first kappa shape index (κ1) is 18.5. The Morgan fingerprint density at radius 1 is 1.24 bits per heavy atom. The first-order valence-electron chi connectivity index (χ1n) is 8.97. The summed E-state index contributed by atoms with van der Waals surface area (Å²) in [6.45, 7) is 2.48. The highest BCUT2D eigenvalue weighted by Crippen LogP contribution is 2.35. The van der Waals surface area contributed by atoms with Crippen molar-refractivity contribution in [2.24, 2.45) is 5.92 Å². The summed E-state index contributed by atoms with van der Waals surface area (Å²) >= 11 is 11.9. The first-order chi connectivity index (χ1) is 11.9. The Hall–Kier alpha value is -1.26. The third-order valence-electron chi connectivity index (χ3n) is 5.63. The van der Waals surface area contributed by atoms with Gasteiger partial charge in [-0.2, -0.15) is 0 Å². The summed E-state index contributed by atoms with van der Waals surface area (Å²) in [4.78, 5) is 27.0. The van der Waals surface area contributed by atoms with Crippen molar-refractivity contribution in [3.05, 3.63) is 28.2 Å². The Morgan fingerprint density at radius 3 is 2.56 bits per heavy atom. The summed E-state index contributed by atoms with van der Waals surface area (Å²) in [7, 11) is 0. The van der Waals surface area contributed by atoms with Crippen LogP contribution in [0.4, 0.5) is 5.69 Å². The molecular weight excluding hydrogens is 359 g/mol. The molecule has 2 aliphatic rings. The van der Waals surface area contributed by atoms with E-state index in [0.717, 1.165) is 6.42 Å². The van der Waals surface area contributed by atoms with E-state index in [1.165, 1.54) is 25.7 Å². The van der Waals surface area contributed by atoms with Crippen molar-refractivity contribution < 1.29 is 9.59 Å². The number of rotatable bonds is 5. The lowest BCUT2D eigenvalue weighted by atomic mass is 9.84. The molecule has 6 heteroatoms. The lowest BCUT2D eigenvalue weighted by Gasteiger charge is -2.49. The van der Waals surface area contributed by atoms with Crippen LogP contribution >= 0.6 is 23.2 Å². The van der Waals surface area contributed by atoms with E-state index >= 15 is 0 Å². The standard InChI is InChI=1S/C19H24Cl2N2O2/c1-19(18(25)22-14-7-8-15(20)16(21)12-14)10-11-23(19)17(24)9-6-13-4-2-3-5-13/h7-8,12-13H,2-6,9-11H2,1H3,(H,22,25). The summed E-state index contributed by atoms with van der Waals surface area (Å²) in [5.41, 5.74) is -0.190. The second kappa shape index (κ2) is 7.55. The van der Waals surface area contributed by atoms with Gasteiger partial charge in [0.1, 0.15) is 5.54 Å². The first-order valence-corrected chi connectivity index (χ1v) is 9.73. The number of halogens is 2. The molecule has 1 atom stereocenters. The number of carbonyl (C=O) groups is 2. The fraction of sp³-hybridized carbons (Fsp3) is 0.579. The van der Waals surface area contributed by atoms with Crippen molar-refractivity contribution in [2.45, 2.75) is 57.4 Å². The predicted molar refractivity (Wildman–Crippen MR) is 101 cm³/mol. The van der Waals surface area contributed by atoms with Gasteiger partial charge in [-0.15, -0.1) is 0 Å². The topological polar surface area (TPSA) is 49.4 Å². The highest BCUT2D eigenvalue weighted by molar-refractivity contribution is 6.42. The van der Waals surface area contributed by atoms with E-state index in [9.17, 15) is 9.59 Å². The molecule has 1 unspecified atom stereocenters. The van der Waals surface area contributed by atoms with Crippen molar-refractivity contribution in [1.29, 1.82) is 0 Å². The molecule has 1 aromatic rings. The molecule has 0 radical (unpaired) electrons. The van der Waals surface area contributed by atoms with Crippen LogP contribution in [0.1, 0.15) is 51.9 Å². The predicted octanol–water partition coefficient (Wildman–Crippen LogP) is 4.89. The molecule has 0 aromatic heterocycles. The average molecular weight is 383 g/mol. The maximum absolute atomic E-state index is 12.7. The summed E-state index contributed by atoms with van der Waals surface area (Å²) in [5.74, 6) is 0.595. The van der Waals surface area contributed by atoms with Gasteiger partial charge in [0.05, 0.1) is 10.0 Å². The average Bonchev–Trinajstić information content (AvgIpc) is 3.08. The molecule has 25 heavy (non-hydrogen) atoms. The minimum absolute atomic E-state index is 0.0879. The van der Waals surface area contributed by atoms with Crippen molar-refractivity contribution in [1.82, 2.24) is 4.90 Å². The number of hydrogen-bond acceptors (Lipinski definition) is 2. The summed E-state index contributed by atoms with van der Waals surface area (Å²) in [6, 6.07) is 4.98. The lowest BCUT2D eigenvalue weighted by molar-refractivity contribution is -0.155. The minimum Gasteiger partial charge on any atom is -0.328 e. The van der Waals surface area contributed by atoms with E-state index < -0.39 is 5.54 Å². The normalized spacial score (nSPS) is 23.4. The molecule has 1 saturated carbocycles. The lowest BCUT2D eigenvalue weighted by Crippen LogP contribution is -2.66. The molecule has 1 saturated heterocycles. The van der Waals surface area contributed by atoms with Crippen LogP contribution in [-0.4, -0.2) is 28.8 Å². The number of benzene rings is 1. The van der Waals surface area contributed by atoms with Gasteiger partial charge in [-0.1, -0.05) is 48.9 Å². The number of nitrogens with zero attached hydrogens (tertiary/aromatic N) is 1. The second-order valence-corrected chi connectivity index (χ2v) is 8.16. The molecule has 1 N–H and O–H groups in total. The molecule has 1 aliphatic carbocycles. The van der Waals surface area contributed by atoms with E-state index in [0.29, 0.717) is 41.0 Å². The number of hydrogen-bond donors (Lipinski definition) is 1. The fourth-order valence-corrected chi connectivity index (χ4v) is 4.09. The summed E-state index contributed by atoms with van der Waals surface area (Å²) in [5, 5.41) is 3.69. The zero-order valence-corrected chi connectivity index (χ0v) is 16.0. The van der Waals surface area contributed by atoms with Gasteiger partial charge in [0, 0.05) is 18.7 Å². The largest absolute Gasteiger partial charge is 0.328 e. The molecule has 4 nitrogen and oxygen atoms in total. The number of carbonyl (C=O) groups excluding carboxylic acids is 2. The van der Waals surface area contributed by atoms with E-state index in [-0.39, 0.29) is 11.8 Å². The zero-order chi connectivity index (χ0) is 18.0. The molecule has 136 valence electrons. The van der Waals surface area contributed by atoms with E-state index in [1.807, 2.05) is 6.92 Å². The van der Waals surface area contributed by atoms with Crippen LogP contribution in [0.2, 0.25) is 10.0 Å². The third kappa shape index (κ3) is 3.95. The van der Waals surface area contributed by atoms with Crippen LogP contribution in [0.5, 0.6) is 0 Å². The summed E-state index contributed by atoms with van der Waals surface area (Å²) < 4.78 is 0. The van der Waals surface area contributed by atoms with Crippen molar-refractivity contribution >= 4 is 40.7 Å².